The summed E-state index contributed by atoms with van der Waals surface area (Å²) in [6.45, 7) is 2.15. The predicted octanol–water partition coefficient (Wildman–Crippen LogP) is 3.26. The fourth-order valence-corrected chi connectivity index (χ4v) is 3.31. The first-order chi connectivity index (χ1) is 10.3. The van der Waals surface area contributed by atoms with Gasteiger partial charge in [0.2, 0.25) is 4.80 Å². The highest BCUT2D eigenvalue weighted by Crippen LogP contribution is 2.21. The van der Waals surface area contributed by atoms with Gasteiger partial charge in [-0.3, -0.25) is 4.99 Å². The van der Waals surface area contributed by atoms with E-state index in [4.69, 9.17) is 16.0 Å². The van der Waals surface area contributed by atoms with Gasteiger partial charge in [0.25, 0.3) is 0 Å². The Bertz CT molecular complexity index is 584. The van der Waals surface area contributed by atoms with Crippen LogP contribution < -0.4 is 10.5 Å². The average Bonchev–Trinajstić information content (AvgIpc) is 2.81. The van der Waals surface area contributed by atoms with E-state index in [0.29, 0.717) is 16.7 Å². The number of nitriles is 1. The molecular formula is C15H23N5S. The molecule has 0 unspecified atom stereocenters. The highest BCUT2D eigenvalue weighted by Gasteiger charge is 2.14. The highest BCUT2D eigenvalue weighted by atomic mass is 32.1. The van der Waals surface area contributed by atoms with Gasteiger partial charge in [0.15, 0.2) is 10.7 Å². The first-order valence-corrected chi connectivity index (χ1v) is 8.56. The number of unbranched alkanes of at least 4 members (excludes halogenated alkanes) is 2. The number of hydrogen-bond donors (Lipinski definition) is 1. The van der Waals surface area contributed by atoms with Gasteiger partial charge >= 0.3 is 0 Å². The minimum atomic E-state index is 0.348. The molecule has 0 aromatic carbocycles. The molecule has 5 nitrogen and oxygen atoms in total. The molecule has 0 amide bonds. The molecule has 0 spiro atoms. The Kier molecular flexibility index (Phi) is 6.00. The van der Waals surface area contributed by atoms with Crippen LogP contribution in [0.25, 0.3) is 0 Å². The first kappa shape index (κ1) is 15.8. The van der Waals surface area contributed by atoms with Gasteiger partial charge in [-0.25, -0.2) is 0 Å². The van der Waals surface area contributed by atoms with Gasteiger partial charge in [-0.1, -0.05) is 43.9 Å². The van der Waals surface area contributed by atoms with Crippen LogP contribution in [0, 0.1) is 11.3 Å². The zero-order valence-corrected chi connectivity index (χ0v) is 13.4. The molecule has 0 atom stereocenters. The summed E-state index contributed by atoms with van der Waals surface area (Å²) in [6, 6.07) is 2.48. The minimum Gasteiger partial charge on any atom is -0.382 e. The highest BCUT2D eigenvalue weighted by molar-refractivity contribution is 7.10. The van der Waals surface area contributed by atoms with Crippen molar-refractivity contribution in [1.82, 2.24) is 4.68 Å². The van der Waals surface area contributed by atoms with Crippen molar-refractivity contribution in [2.24, 2.45) is 10.1 Å². The molecule has 21 heavy (non-hydrogen) atoms. The van der Waals surface area contributed by atoms with Crippen molar-refractivity contribution < 1.29 is 0 Å². The Morgan fingerprint density at radius 2 is 2.19 bits per heavy atom. The third-order valence-electron chi connectivity index (χ3n) is 3.69. The molecule has 6 heteroatoms. The molecule has 1 fully saturated rings. The van der Waals surface area contributed by atoms with E-state index >= 15 is 0 Å². The molecule has 0 saturated heterocycles. The number of hydrogen-bond acceptors (Lipinski definition) is 5. The fraction of sp³-hybridized carbons (Fsp3) is 0.667. The van der Waals surface area contributed by atoms with E-state index in [-0.39, 0.29) is 0 Å². The molecule has 1 aliphatic carbocycles. The summed E-state index contributed by atoms with van der Waals surface area (Å²) >= 11 is 1.34. The topological polar surface area (TPSA) is 79.5 Å². The number of nitrogens with zero attached hydrogens (tertiary/aromatic N) is 4. The Hall–Kier alpha value is -1.61. The van der Waals surface area contributed by atoms with Gasteiger partial charge < -0.3 is 5.73 Å². The molecule has 1 aliphatic rings. The van der Waals surface area contributed by atoms with E-state index in [9.17, 15) is 0 Å². The molecular weight excluding hydrogens is 282 g/mol. The van der Waals surface area contributed by atoms with Gasteiger partial charge in [0.05, 0.1) is 6.04 Å². The summed E-state index contributed by atoms with van der Waals surface area (Å²) in [5.74, 6) is 0.407. The van der Waals surface area contributed by atoms with E-state index < -0.39 is 0 Å². The largest absolute Gasteiger partial charge is 0.382 e. The first-order valence-electron chi connectivity index (χ1n) is 7.74. The normalized spacial score (nSPS) is 17.4. The van der Waals surface area contributed by atoms with E-state index in [0.717, 1.165) is 36.9 Å². The summed E-state index contributed by atoms with van der Waals surface area (Å²) in [5, 5.41) is 13.6. The molecule has 2 N–H and O–H groups in total. The minimum absolute atomic E-state index is 0.348. The second-order valence-corrected chi connectivity index (χ2v) is 6.36. The van der Waals surface area contributed by atoms with Gasteiger partial charge in [0, 0.05) is 6.21 Å². The maximum absolute atomic E-state index is 9.15. The lowest BCUT2D eigenvalue weighted by atomic mass is 9.96. The Morgan fingerprint density at radius 3 is 2.86 bits per heavy atom. The van der Waals surface area contributed by atoms with Crippen molar-refractivity contribution in [3.05, 3.63) is 9.68 Å². The zero-order chi connectivity index (χ0) is 15.1. The van der Waals surface area contributed by atoms with Gasteiger partial charge in [-0.05, 0) is 25.7 Å². The summed E-state index contributed by atoms with van der Waals surface area (Å²) < 4.78 is 1.63. The van der Waals surface area contributed by atoms with Crippen LogP contribution >= 0.6 is 11.3 Å². The molecule has 114 valence electrons. The van der Waals surface area contributed by atoms with Crippen molar-refractivity contribution in [2.75, 3.05) is 5.73 Å². The zero-order valence-electron chi connectivity index (χ0n) is 12.6. The molecule has 0 aliphatic heterocycles. The summed E-state index contributed by atoms with van der Waals surface area (Å²) in [5.41, 5.74) is 6.01. The van der Waals surface area contributed by atoms with E-state index in [1.54, 1.807) is 4.68 Å². The average molecular weight is 305 g/mol. The molecule has 1 heterocycles. The van der Waals surface area contributed by atoms with Crippen molar-refractivity contribution >= 4 is 23.4 Å². The maximum Gasteiger partial charge on any atom is 0.209 e. The molecule has 2 rings (SSSR count). The molecule has 1 aromatic rings. The standard InChI is InChI=1S/C15H23N5S/c1-2-3-7-10-18-20-14(17)13(11-16)21-15(20)19-12-8-5-4-6-9-12/h10,12H,2-9,17H2,1H3/b18-10-,19-15?. The van der Waals surface area contributed by atoms with Crippen molar-refractivity contribution in [3.63, 3.8) is 0 Å². The Morgan fingerprint density at radius 1 is 1.43 bits per heavy atom. The quantitative estimate of drug-likeness (QED) is 0.669. The Balaban J connectivity index is 2.28. The fourth-order valence-electron chi connectivity index (χ4n) is 2.46. The monoisotopic (exact) mass is 305 g/mol. The van der Waals surface area contributed by atoms with E-state index in [1.165, 1.54) is 30.6 Å². The SMILES string of the molecule is CCCC/C=N\n1c(N)c(C#N)sc1=NC1CCCCC1. The lowest BCUT2D eigenvalue weighted by molar-refractivity contribution is 0.435. The molecule has 0 radical (unpaired) electrons. The van der Waals surface area contributed by atoms with Gasteiger partial charge in [-0.2, -0.15) is 15.0 Å². The second kappa shape index (κ2) is 7.99. The lowest BCUT2D eigenvalue weighted by Gasteiger charge is -2.16. The predicted molar refractivity (Wildman–Crippen MR) is 87.3 cm³/mol. The van der Waals surface area contributed by atoms with Crippen LogP contribution in [-0.4, -0.2) is 16.9 Å². The molecule has 1 aromatic heterocycles. The van der Waals surface area contributed by atoms with Crippen LogP contribution in [0.15, 0.2) is 10.1 Å². The van der Waals surface area contributed by atoms with Crippen LogP contribution in [-0.2, 0) is 0 Å². The third kappa shape index (κ3) is 4.18. The molecule has 1 saturated carbocycles. The van der Waals surface area contributed by atoms with Crippen LogP contribution in [0.1, 0.15) is 63.2 Å². The van der Waals surface area contributed by atoms with E-state index in [1.807, 2.05) is 6.21 Å². The maximum atomic E-state index is 9.15. The lowest BCUT2D eigenvalue weighted by Crippen LogP contribution is -2.19. The number of thiazole rings is 1. The Labute approximate surface area is 129 Å². The van der Waals surface area contributed by atoms with Crippen LogP contribution in [0.5, 0.6) is 0 Å². The summed E-state index contributed by atoms with van der Waals surface area (Å²) in [4.78, 5) is 6.03. The van der Waals surface area contributed by atoms with Gasteiger partial charge in [-0.15, -0.1) is 0 Å². The smallest absolute Gasteiger partial charge is 0.209 e. The van der Waals surface area contributed by atoms with Crippen molar-refractivity contribution in [1.29, 1.82) is 5.26 Å². The number of rotatable bonds is 5. The van der Waals surface area contributed by atoms with Crippen molar-refractivity contribution in [3.8, 4) is 6.07 Å². The van der Waals surface area contributed by atoms with Gasteiger partial charge in [0.1, 0.15) is 6.07 Å². The van der Waals surface area contributed by atoms with E-state index in [2.05, 4.69) is 18.1 Å². The summed E-state index contributed by atoms with van der Waals surface area (Å²) in [6.07, 6.45) is 11.1. The number of aromatic nitrogens is 1. The van der Waals surface area contributed by atoms with Crippen LogP contribution in [0.2, 0.25) is 0 Å². The third-order valence-corrected chi connectivity index (χ3v) is 4.65. The molecule has 0 bridgehead atoms. The number of nitrogens with two attached hydrogens (primary N) is 1. The van der Waals surface area contributed by atoms with Crippen LogP contribution in [0.3, 0.4) is 0 Å². The summed E-state index contributed by atoms with van der Waals surface area (Å²) in [7, 11) is 0. The van der Waals surface area contributed by atoms with Crippen LogP contribution in [0.4, 0.5) is 5.82 Å². The number of nitrogen functional groups attached to an aromatic ring is 1. The second-order valence-electron chi connectivity index (χ2n) is 5.38. The van der Waals surface area contributed by atoms with Crippen molar-refractivity contribution in [2.45, 2.75) is 64.3 Å². The number of anilines is 1.